The molecule has 0 atom stereocenters. The SMILES string of the molecule is Bc1ccc(-c2cc(N3CCN(CCN=O)CC3)n3nc(C)c(-c4ccccc4)c3n2)cc1. The maximum absolute atomic E-state index is 10.5. The van der Waals surface area contributed by atoms with Gasteiger partial charge in [-0.3, -0.25) is 4.90 Å². The maximum atomic E-state index is 10.5. The third kappa shape index (κ3) is 4.26. The quantitative estimate of drug-likeness (QED) is 0.342. The smallest absolute Gasteiger partial charge is 0.166 e. The molecule has 0 radical (unpaired) electrons. The summed E-state index contributed by atoms with van der Waals surface area (Å²) in [4.78, 5) is 20.3. The number of hydrogen-bond donors (Lipinski definition) is 0. The lowest BCUT2D eigenvalue weighted by molar-refractivity contribution is 0.264. The Morgan fingerprint density at radius 1 is 0.970 bits per heavy atom. The number of rotatable bonds is 6. The molecular formula is C25H27BN6O. The number of hydrogen-bond acceptors (Lipinski definition) is 6. The number of benzene rings is 2. The molecule has 0 aliphatic carbocycles. The molecule has 2 aromatic carbocycles. The first-order chi connectivity index (χ1) is 16.1. The Morgan fingerprint density at radius 3 is 2.39 bits per heavy atom. The normalized spacial score (nSPS) is 14.6. The summed E-state index contributed by atoms with van der Waals surface area (Å²) in [5, 5.41) is 7.94. The highest BCUT2D eigenvalue weighted by Crippen LogP contribution is 2.32. The highest BCUT2D eigenvalue weighted by atomic mass is 16.3. The summed E-state index contributed by atoms with van der Waals surface area (Å²) in [5.41, 5.74) is 7.30. The highest BCUT2D eigenvalue weighted by molar-refractivity contribution is 6.32. The summed E-state index contributed by atoms with van der Waals surface area (Å²) in [6.45, 7) is 6.63. The minimum Gasteiger partial charge on any atom is -0.354 e. The lowest BCUT2D eigenvalue weighted by Gasteiger charge is -2.35. The van der Waals surface area contributed by atoms with Gasteiger partial charge in [-0.05, 0) is 12.5 Å². The molecule has 0 amide bonds. The van der Waals surface area contributed by atoms with Crippen molar-refractivity contribution in [3.63, 3.8) is 0 Å². The van der Waals surface area contributed by atoms with Crippen LogP contribution in [0.2, 0.25) is 0 Å². The molecule has 0 N–H and O–H groups in total. The van der Waals surface area contributed by atoms with Gasteiger partial charge in [0.05, 0.1) is 17.9 Å². The van der Waals surface area contributed by atoms with Crippen LogP contribution in [0.3, 0.4) is 0 Å². The van der Waals surface area contributed by atoms with E-state index in [1.807, 2.05) is 10.6 Å². The van der Waals surface area contributed by atoms with Gasteiger partial charge in [0.25, 0.3) is 0 Å². The Balaban J connectivity index is 1.62. The van der Waals surface area contributed by atoms with Crippen molar-refractivity contribution >= 4 is 24.8 Å². The fraction of sp³-hybridized carbons (Fsp3) is 0.280. The van der Waals surface area contributed by atoms with E-state index in [9.17, 15) is 4.91 Å². The van der Waals surface area contributed by atoms with Crippen molar-refractivity contribution in [3.8, 4) is 22.4 Å². The van der Waals surface area contributed by atoms with Crippen LogP contribution in [0.5, 0.6) is 0 Å². The first kappa shape index (κ1) is 21.3. The molecule has 0 saturated carbocycles. The second kappa shape index (κ2) is 9.15. The monoisotopic (exact) mass is 438 g/mol. The number of piperazine rings is 1. The molecule has 4 aromatic rings. The van der Waals surface area contributed by atoms with Crippen molar-refractivity contribution in [2.45, 2.75) is 6.92 Å². The number of nitroso groups, excluding NO2 is 1. The molecule has 5 rings (SSSR count). The minimum atomic E-state index is 0.343. The van der Waals surface area contributed by atoms with Gasteiger partial charge in [0.2, 0.25) is 0 Å². The summed E-state index contributed by atoms with van der Waals surface area (Å²) in [5.74, 6) is 1.05. The van der Waals surface area contributed by atoms with Gasteiger partial charge in [-0.1, -0.05) is 65.2 Å². The van der Waals surface area contributed by atoms with Crippen LogP contribution in [0.4, 0.5) is 5.82 Å². The molecule has 0 bridgehead atoms. The zero-order valence-electron chi connectivity index (χ0n) is 19.1. The Hall–Kier alpha value is -3.52. The lowest BCUT2D eigenvalue weighted by atomic mass is 9.95. The molecule has 1 aliphatic heterocycles. The van der Waals surface area contributed by atoms with Crippen LogP contribution in [-0.2, 0) is 0 Å². The molecule has 0 unspecified atom stereocenters. The molecular weight excluding hydrogens is 411 g/mol. The molecule has 2 aromatic heterocycles. The summed E-state index contributed by atoms with van der Waals surface area (Å²) in [6.07, 6.45) is 0. The van der Waals surface area contributed by atoms with Crippen LogP contribution in [0.25, 0.3) is 28.0 Å². The topological polar surface area (TPSA) is 66.1 Å². The van der Waals surface area contributed by atoms with Crippen LogP contribution >= 0.6 is 0 Å². The predicted molar refractivity (Wildman–Crippen MR) is 136 cm³/mol. The summed E-state index contributed by atoms with van der Waals surface area (Å²) < 4.78 is 2.00. The predicted octanol–water partition coefficient (Wildman–Crippen LogP) is 2.52. The van der Waals surface area contributed by atoms with E-state index in [0.29, 0.717) is 6.54 Å². The van der Waals surface area contributed by atoms with E-state index in [-0.39, 0.29) is 0 Å². The molecule has 3 heterocycles. The largest absolute Gasteiger partial charge is 0.354 e. The Bertz CT molecular complexity index is 1260. The lowest BCUT2D eigenvalue weighted by Crippen LogP contribution is -2.47. The van der Waals surface area contributed by atoms with E-state index < -0.39 is 0 Å². The van der Waals surface area contributed by atoms with E-state index in [1.54, 1.807) is 0 Å². The van der Waals surface area contributed by atoms with Crippen molar-refractivity contribution in [3.05, 3.63) is 71.3 Å². The van der Waals surface area contributed by atoms with Gasteiger partial charge in [0, 0.05) is 49.9 Å². The van der Waals surface area contributed by atoms with Crippen LogP contribution in [0, 0.1) is 11.8 Å². The second-order valence-electron chi connectivity index (χ2n) is 8.61. The highest BCUT2D eigenvalue weighted by Gasteiger charge is 2.23. The van der Waals surface area contributed by atoms with Crippen molar-refractivity contribution in [1.29, 1.82) is 0 Å². The average molecular weight is 438 g/mol. The molecule has 1 aliphatic rings. The van der Waals surface area contributed by atoms with Gasteiger partial charge >= 0.3 is 0 Å². The van der Waals surface area contributed by atoms with Gasteiger partial charge in [-0.25, -0.2) is 4.98 Å². The maximum Gasteiger partial charge on any atom is 0.166 e. The summed E-state index contributed by atoms with van der Waals surface area (Å²) in [6, 6.07) is 21.0. The molecule has 8 heteroatoms. The van der Waals surface area contributed by atoms with Crippen LogP contribution in [-0.4, -0.2) is 66.6 Å². The van der Waals surface area contributed by atoms with Gasteiger partial charge in [-0.15, -0.1) is 0 Å². The van der Waals surface area contributed by atoms with Gasteiger partial charge in [0.15, 0.2) is 5.65 Å². The molecule has 1 saturated heterocycles. The molecule has 0 spiro atoms. The Labute approximate surface area is 194 Å². The number of aromatic nitrogens is 3. The molecule has 33 heavy (non-hydrogen) atoms. The van der Waals surface area contributed by atoms with Crippen molar-refractivity contribution in [2.24, 2.45) is 5.18 Å². The fourth-order valence-electron chi connectivity index (χ4n) is 4.53. The third-order valence-corrected chi connectivity index (χ3v) is 6.36. The number of fused-ring (bicyclic) bond motifs is 1. The van der Waals surface area contributed by atoms with Crippen LogP contribution in [0.1, 0.15) is 5.69 Å². The Kier molecular flexibility index (Phi) is 5.92. The first-order valence-electron chi connectivity index (χ1n) is 11.4. The third-order valence-electron chi connectivity index (χ3n) is 6.36. The number of aryl methyl sites for hydroxylation is 1. The average Bonchev–Trinajstić information content (AvgIpc) is 3.19. The second-order valence-corrected chi connectivity index (χ2v) is 8.61. The van der Waals surface area contributed by atoms with Gasteiger partial charge in [-0.2, -0.15) is 14.5 Å². The molecule has 7 nitrogen and oxygen atoms in total. The molecule has 1 fully saturated rings. The summed E-state index contributed by atoms with van der Waals surface area (Å²) >= 11 is 0. The number of nitrogens with zero attached hydrogens (tertiary/aromatic N) is 6. The van der Waals surface area contributed by atoms with E-state index in [0.717, 1.165) is 72.3 Å². The van der Waals surface area contributed by atoms with Gasteiger partial charge < -0.3 is 4.90 Å². The van der Waals surface area contributed by atoms with E-state index in [4.69, 9.17) is 10.1 Å². The first-order valence-corrected chi connectivity index (χ1v) is 11.4. The zero-order chi connectivity index (χ0) is 22.8. The zero-order valence-corrected chi connectivity index (χ0v) is 19.1. The van der Waals surface area contributed by atoms with E-state index in [1.165, 1.54) is 5.46 Å². The van der Waals surface area contributed by atoms with Crippen molar-refractivity contribution in [2.75, 3.05) is 44.2 Å². The van der Waals surface area contributed by atoms with Crippen LogP contribution < -0.4 is 10.4 Å². The fourth-order valence-corrected chi connectivity index (χ4v) is 4.53. The minimum absolute atomic E-state index is 0.343. The standard InChI is InChI=1S/C25H27BN6O/c1-18-24(20-5-3-2-4-6-20)25-28-22(19-7-9-21(26)10-8-19)17-23(32(25)29-18)31-15-13-30(14-16-31)12-11-27-33/h2-10,17H,11-16,26H2,1H3. The summed E-state index contributed by atoms with van der Waals surface area (Å²) in [7, 11) is 2.10. The van der Waals surface area contributed by atoms with E-state index >= 15 is 0 Å². The van der Waals surface area contributed by atoms with E-state index in [2.05, 4.69) is 84.3 Å². The van der Waals surface area contributed by atoms with Crippen molar-refractivity contribution in [1.82, 2.24) is 19.5 Å². The van der Waals surface area contributed by atoms with Gasteiger partial charge in [0.1, 0.15) is 13.7 Å². The van der Waals surface area contributed by atoms with Crippen LogP contribution in [0.15, 0.2) is 65.8 Å². The Morgan fingerprint density at radius 2 is 1.70 bits per heavy atom. The molecule has 166 valence electrons. The van der Waals surface area contributed by atoms with Crippen molar-refractivity contribution < 1.29 is 0 Å². The number of anilines is 1.